The van der Waals surface area contributed by atoms with Gasteiger partial charge in [-0.15, -0.1) is 0 Å². The number of rotatable bonds is 4. The summed E-state index contributed by atoms with van der Waals surface area (Å²) in [6, 6.07) is 5.36. The van der Waals surface area contributed by atoms with Gasteiger partial charge < -0.3 is 9.80 Å². The van der Waals surface area contributed by atoms with Gasteiger partial charge in [-0.05, 0) is 50.7 Å². The molecule has 126 valence electrons. The predicted molar refractivity (Wildman–Crippen MR) is 82.7 cm³/mol. The summed E-state index contributed by atoms with van der Waals surface area (Å²) in [5.41, 5.74) is -0.566. The van der Waals surface area contributed by atoms with Crippen molar-refractivity contribution in [3.8, 4) is 0 Å². The lowest BCUT2D eigenvalue weighted by molar-refractivity contribution is -0.139. The van der Waals surface area contributed by atoms with E-state index in [0.717, 1.165) is 32.0 Å². The lowest BCUT2D eigenvalue weighted by Crippen LogP contribution is -2.45. The number of piperidine rings is 1. The number of hydrogen-bond acceptors (Lipinski definition) is 2. The highest BCUT2D eigenvalue weighted by Crippen LogP contribution is 2.33. The Labute approximate surface area is 134 Å². The molecule has 0 saturated carbocycles. The van der Waals surface area contributed by atoms with Crippen LogP contribution in [0.25, 0.3) is 0 Å². The molecule has 0 spiro atoms. The first-order valence-electron chi connectivity index (χ1n) is 7.59. The van der Waals surface area contributed by atoms with E-state index in [1.807, 2.05) is 7.05 Å². The maximum atomic E-state index is 13.1. The van der Waals surface area contributed by atoms with E-state index >= 15 is 0 Å². The number of alkyl halides is 3. The molecule has 0 N–H and O–H groups in total. The van der Waals surface area contributed by atoms with Crippen molar-refractivity contribution in [1.29, 1.82) is 0 Å². The van der Waals surface area contributed by atoms with Gasteiger partial charge in [0.15, 0.2) is 0 Å². The predicted octanol–water partition coefficient (Wildman–Crippen LogP) is 3.31. The molecule has 1 heterocycles. The van der Waals surface area contributed by atoms with Crippen LogP contribution in [0, 0.1) is 0 Å². The van der Waals surface area contributed by atoms with Crippen molar-refractivity contribution in [2.75, 3.05) is 20.1 Å². The summed E-state index contributed by atoms with van der Waals surface area (Å²) in [6.07, 6.45) is -1.74. The topological polar surface area (TPSA) is 23.6 Å². The molecule has 1 saturated heterocycles. The summed E-state index contributed by atoms with van der Waals surface area (Å²) >= 11 is 0. The van der Waals surface area contributed by atoms with E-state index in [9.17, 15) is 18.0 Å². The minimum Gasteiger partial charge on any atom is -0.332 e. The maximum absolute atomic E-state index is 13.1. The highest BCUT2D eigenvalue weighted by atomic mass is 19.4. The normalized spacial score (nSPS) is 17.0. The summed E-state index contributed by atoms with van der Waals surface area (Å²) in [5.74, 6) is -0.323. The number of benzene rings is 1. The molecule has 1 aliphatic rings. The smallest absolute Gasteiger partial charge is 0.332 e. The fourth-order valence-corrected chi connectivity index (χ4v) is 2.93. The second kappa shape index (κ2) is 7.17. The van der Waals surface area contributed by atoms with E-state index in [4.69, 9.17) is 0 Å². The Morgan fingerprint density at radius 2 is 1.96 bits per heavy atom. The van der Waals surface area contributed by atoms with Crippen LogP contribution < -0.4 is 0 Å². The van der Waals surface area contributed by atoms with Crippen LogP contribution in [0.1, 0.15) is 24.0 Å². The van der Waals surface area contributed by atoms with E-state index in [2.05, 4.69) is 11.5 Å². The molecule has 0 aromatic heterocycles. The monoisotopic (exact) mass is 326 g/mol. The molecular formula is C17H21F3N2O. The molecule has 1 amide bonds. The van der Waals surface area contributed by atoms with Crippen molar-refractivity contribution >= 4 is 5.91 Å². The Balaban J connectivity index is 2.25. The molecule has 1 aromatic carbocycles. The number of carbonyl (C=O) groups is 1. The average Bonchev–Trinajstić information content (AvgIpc) is 2.52. The highest BCUT2D eigenvalue weighted by Gasteiger charge is 2.34. The Hall–Kier alpha value is -1.82. The van der Waals surface area contributed by atoms with E-state index < -0.39 is 11.7 Å². The minimum absolute atomic E-state index is 0.0467. The van der Waals surface area contributed by atoms with Crippen LogP contribution in [0.3, 0.4) is 0 Å². The highest BCUT2D eigenvalue weighted by molar-refractivity contribution is 5.87. The van der Waals surface area contributed by atoms with Crippen LogP contribution in [0.2, 0.25) is 0 Å². The Bertz CT molecular complexity index is 563. The third kappa shape index (κ3) is 4.34. The molecule has 3 nitrogen and oxygen atoms in total. The molecular weight excluding hydrogens is 305 g/mol. The molecule has 0 atom stereocenters. The van der Waals surface area contributed by atoms with E-state index in [0.29, 0.717) is 0 Å². The van der Waals surface area contributed by atoms with Gasteiger partial charge in [0.25, 0.3) is 0 Å². The zero-order valence-electron chi connectivity index (χ0n) is 13.1. The minimum atomic E-state index is -4.42. The number of halogens is 3. The largest absolute Gasteiger partial charge is 0.416 e. The summed E-state index contributed by atoms with van der Waals surface area (Å²) in [5, 5.41) is 0. The average molecular weight is 326 g/mol. The molecule has 6 heteroatoms. The molecule has 23 heavy (non-hydrogen) atoms. The summed E-state index contributed by atoms with van der Waals surface area (Å²) in [4.78, 5) is 15.8. The molecule has 0 radical (unpaired) electrons. The van der Waals surface area contributed by atoms with E-state index in [1.165, 1.54) is 23.1 Å². The van der Waals surface area contributed by atoms with Crippen molar-refractivity contribution in [2.45, 2.75) is 31.6 Å². The van der Waals surface area contributed by atoms with Crippen LogP contribution in [-0.4, -0.2) is 41.9 Å². The van der Waals surface area contributed by atoms with Gasteiger partial charge in [-0.25, -0.2) is 0 Å². The summed E-state index contributed by atoms with van der Waals surface area (Å²) < 4.78 is 39.4. The standard InChI is InChI=1S/C17H21F3N2O/c1-3-16(23)22(14-8-10-21(2)11-9-14)12-13-6-4-5-7-15(13)17(18,19)20/h3-7,14H,1,8-12H2,2H3. The van der Waals surface area contributed by atoms with Gasteiger partial charge in [-0.3, -0.25) is 4.79 Å². The number of nitrogens with zero attached hydrogens (tertiary/aromatic N) is 2. The number of amides is 1. The van der Waals surface area contributed by atoms with Crippen LogP contribution in [0.15, 0.2) is 36.9 Å². The summed E-state index contributed by atoms with van der Waals surface area (Å²) in [7, 11) is 1.99. The fraction of sp³-hybridized carbons (Fsp3) is 0.471. The van der Waals surface area contributed by atoms with Gasteiger partial charge in [0.2, 0.25) is 5.91 Å². The first-order chi connectivity index (χ1) is 10.8. The van der Waals surface area contributed by atoms with E-state index in [-0.39, 0.29) is 24.1 Å². The van der Waals surface area contributed by atoms with Gasteiger partial charge >= 0.3 is 6.18 Å². The van der Waals surface area contributed by atoms with E-state index in [1.54, 1.807) is 6.07 Å². The first-order valence-corrected chi connectivity index (χ1v) is 7.59. The Morgan fingerprint density at radius 3 is 2.52 bits per heavy atom. The second-order valence-corrected chi connectivity index (χ2v) is 5.86. The third-order valence-corrected chi connectivity index (χ3v) is 4.25. The van der Waals surface area contributed by atoms with Gasteiger partial charge in [0.1, 0.15) is 0 Å². The number of likely N-dealkylation sites (tertiary alicyclic amines) is 1. The first kappa shape index (κ1) is 17.5. The molecule has 0 unspecified atom stereocenters. The van der Waals surface area contributed by atoms with Gasteiger partial charge in [0, 0.05) is 12.6 Å². The molecule has 0 aliphatic carbocycles. The van der Waals surface area contributed by atoms with Crippen LogP contribution in [0.5, 0.6) is 0 Å². The molecule has 2 rings (SSSR count). The van der Waals surface area contributed by atoms with Gasteiger partial charge in [0.05, 0.1) is 5.56 Å². The molecule has 1 aliphatic heterocycles. The van der Waals surface area contributed by atoms with Crippen molar-refractivity contribution in [3.63, 3.8) is 0 Å². The van der Waals surface area contributed by atoms with Gasteiger partial charge in [-0.1, -0.05) is 24.8 Å². The Morgan fingerprint density at radius 1 is 1.35 bits per heavy atom. The third-order valence-electron chi connectivity index (χ3n) is 4.25. The molecule has 0 bridgehead atoms. The van der Waals surface area contributed by atoms with Crippen LogP contribution >= 0.6 is 0 Å². The van der Waals surface area contributed by atoms with Gasteiger partial charge in [-0.2, -0.15) is 13.2 Å². The van der Waals surface area contributed by atoms with Crippen molar-refractivity contribution in [3.05, 3.63) is 48.0 Å². The zero-order valence-corrected chi connectivity index (χ0v) is 13.1. The fourth-order valence-electron chi connectivity index (χ4n) is 2.93. The lowest BCUT2D eigenvalue weighted by Gasteiger charge is -2.37. The van der Waals surface area contributed by atoms with Crippen LogP contribution in [-0.2, 0) is 17.5 Å². The molecule has 1 fully saturated rings. The zero-order chi connectivity index (χ0) is 17.0. The molecule has 1 aromatic rings. The maximum Gasteiger partial charge on any atom is 0.416 e. The van der Waals surface area contributed by atoms with Crippen molar-refractivity contribution in [2.24, 2.45) is 0 Å². The van der Waals surface area contributed by atoms with Crippen molar-refractivity contribution in [1.82, 2.24) is 9.80 Å². The quantitative estimate of drug-likeness (QED) is 0.793. The van der Waals surface area contributed by atoms with Crippen molar-refractivity contribution < 1.29 is 18.0 Å². The number of carbonyl (C=O) groups excluding carboxylic acids is 1. The lowest BCUT2D eigenvalue weighted by atomic mass is 10.0. The summed E-state index contributed by atoms with van der Waals surface area (Å²) in [6.45, 7) is 5.09. The van der Waals surface area contributed by atoms with Crippen LogP contribution in [0.4, 0.5) is 13.2 Å². The second-order valence-electron chi connectivity index (χ2n) is 5.86. The number of hydrogen-bond donors (Lipinski definition) is 0. The SMILES string of the molecule is C=CC(=O)N(Cc1ccccc1C(F)(F)F)C1CCN(C)CC1. The Kier molecular flexibility index (Phi) is 5.46.